The number of sulfonamides is 1. The molecule has 0 spiro atoms. The molecule has 0 bridgehead atoms. The standard InChI is InChI=1S/C21H24N6O3S/c1-13(2)26-12-23-20(25-26)17-11-27(31(4,29)30)18-7-6-15(9-16(17)18)21(28)24-19-8-5-14(3)10-22-19/h5-10,12-13,17H,11H2,1-4H3,(H,22,24,28)/t17-/m0/s1. The zero-order chi connectivity index (χ0) is 22.3. The first-order valence-electron chi connectivity index (χ1n) is 9.90. The molecule has 1 N–H and O–H groups in total. The molecular formula is C21H24N6O3S. The molecule has 4 rings (SSSR count). The summed E-state index contributed by atoms with van der Waals surface area (Å²) >= 11 is 0. The Labute approximate surface area is 181 Å². The Bertz CT molecular complexity index is 1230. The maximum Gasteiger partial charge on any atom is 0.256 e. The van der Waals surface area contributed by atoms with Gasteiger partial charge < -0.3 is 5.32 Å². The predicted molar refractivity (Wildman–Crippen MR) is 118 cm³/mol. The van der Waals surface area contributed by atoms with Gasteiger partial charge in [-0.15, -0.1) is 0 Å². The summed E-state index contributed by atoms with van der Waals surface area (Å²) in [4.78, 5) is 21.4. The lowest BCUT2D eigenvalue weighted by molar-refractivity contribution is 0.102. The van der Waals surface area contributed by atoms with Crippen LogP contribution in [-0.2, 0) is 10.0 Å². The monoisotopic (exact) mass is 440 g/mol. The SMILES string of the molecule is Cc1ccc(NC(=O)c2ccc3c(c2)[C@@H](c2ncn(C(C)C)n2)CN3S(C)(=O)=O)nc1. The molecule has 1 aliphatic rings. The molecule has 10 heteroatoms. The molecule has 0 aliphatic carbocycles. The van der Waals surface area contributed by atoms with Crippen molar-refractivity contribution in [1.29, 1.82) is 0 Å². The van der Waals surface area contributed by atoms with Crippen LogP contribution >= 0.6 is 0 Å². The van der Waals surface area contributed by atoms with Crippen molar-refractivity contribution >= 4 is 27.4 Å². The van der Waals surface area contributed by atoms with Crippen molar-refractivity contribution < 1.29 is 13.2 Å². The molecule has 1 atom stereocenters. The fourth-order valence-electron chi connectivity index (χ4n) is 3.53. The summed E-state index contributed by atoms with van der Waals surface area (Å²) in [7, 11) is -3.49. The van der Waals surface area contributed by atoms with E-state index in [1.165, 1.54) is 10.6 Å². The number of carbonyl (C=O) groups is 1. The van der Waals surface area contributed by atoms with Gasteiger partial charge in [0, 0.05) is 24.3 Å². The van der Waals surface area contributed by atoms with Gasteiger partial charge in [-0.25, -0.2) is 18.4 Å². The Morgan fingerprint density at radius 1 is 1.19 bits per heavy atom. The molecule has 1 aliphatic heterocycles. The zero-order valence-electron chi connectivity index (χ0n) is 17.8. The summed E-state index contributed by atoms with van der Waals surface area (Å²) < 4.78 is 27.8. The highest BCUT2D eigenvalue weighted by Gasteiger charge is 2.37. The highest BCUT2D eigenvalue weighted by atomic mass is 32.2. The van der Waals surface area contributed by atoms with Gasteiger partial charge in [-0.2, -0.15) is 5.10 Å². The first-order chi connectivity index (χ1) is 14.6. The molecule has 1 amide bonds. The molecule has 9 nitrogen and oxygen atoms in total. The van der Waals surface area contributed by atoms with E-state index in [2.05, 4.69) is 20.4 Å². The van der Waals surface area contributed by atoms with Gasteiger partial charge in [-0.3, -0.25) is 13.8 Å². The van der Waals surface area contributed by atoms with Crippen molar-refractivity contribution in [3.05, 3.63) is 65.4 Å². The van der Waals surface area contributed by atoms with E-state index in [1.54, 1.807) is 41.5 Å². The molecule has 0 fully saturated rings. The fraction of sp³-hybridized carbons (Fsp3) is 0.333. The lowest BCUT2D eigenvalue weighted by atomic mass is 9.98. The summed E-state index contributed by atoms with van der Waals surface area (Å²) in [6.45, 7) is 6.10. The number of hydrogen-bond donors (Lipinski definition) is 1. The van der Waals surface area contributed by atoms with Crippen LogP contribution in [0.15, 0.2) is 42.9 Å². The Balaban J connectivity index is 1.70. The summed E-state index contributed by atoms with van der Waals surface area (Å²) in [5, 5.41) is 7.31. The number of anilines is 2. The number of pyridine rings is 1. The third-order valence-electron chi connectivity index (χ3n) is 5.20. The third-order valence-corrected chi connectivity index (χ3v) is 6.35. The average molecular weight is 441 g/mol. The van der Waals surface area contributed by atoms with Crippen LogP contribution in [-0.4, -0.2) is 46.9 Å². The minimum Gasteiger partial charge on any atom is -0.307 e. The quantitative estimate of drug-likeness (QED) is 0.653. The smallest absolute Gasteiger partial charge is 0.256 e. The average Bonchev–Trinajstić information content (AvgIpc) is 3.33. The molecule has 3 heterocycles. The van der Waals surface area contributed by atoms with Gasteiger partial charge in [-0.1, -0.05) is 6.07 Å². The Kier molecular flexibility index (Phi) is 5.26. The van der Waals surface area contributed by atoms with Gasteiger partial charge >= 0.3 is 0 Å². The number of hydrogen-bond acceptors (Lipinski definition) is 6. The van der Waals surface area contributed by atoms with E-state index >= 15 is 0 Å². The third kappa shape index (κ3) is 4.15. The van der Waals surface area contributed by atoms with E-state index in [1.807, 2.05) is 26.8 Å². The van der Waals surface area contributed by atoms with Crippen molar-refractivity contribution in [2.45, 2.75) is 32.7 Å². The lowest BCUT2D eigenvalue weighted by Crippen LogP contribution is -2.29. The number of nitrogens with zero attached hydrogens (tertiary/aromatic N) is 5. The largest absolute Gasteiger partial charge is 0.307 e. The maximum absolute atomic E-state index is 12.8. The summed E-state index contributed by atoms with van der Waals surface area (Å²) in [6, 6.07) is 8.72. The highest BCUT2D eigenvalue weighted by molar-refractivity contribution is 7.92. The molecule has 0 saturated heterocycles. The molecule has 162 valence electrons. The van der Waals surface area contributed by atoms with E-state index in [4.69, 9.17) is 0 Å². The van der Waals surface area contributed by atoms with E-state index in [-0.39, 0.29) is 24.4 Å². The summed E-state index contributed by atoms with van der Waals surface area (Å²) in [5.41, 5.74) is 2.65. The van der Waals surface area contributed by atoms with Crippen molar-refractivity contribution in [3.63, 3.8) is 0 Å². The lowest BCUT2D eigenvalue weighted by Gasteiger charge is -2.16. The number of fused-ring (bicyclic) bond motifs is 1. The van der Waals surface area contributed by atoms with Gasteiger partial charge in [0.2, 0.25) is 10.0 Å². The number of nitrogens with one attached hydrogen (secondary N) is 1. The van der Waals surface area contributed by atoms with Gasteiger partial charge in [0.1, 0.15) is 12.1 Å². The van der Waals surface area contributed by atoms with E-state index in [0.29, 0.717) is 28.5 Å². The molecular weight excluding hydrogens is 416 g/mol. The second-order valence-electron chi connectivity index (χ2n) is 7.97. The van der Waals surface area contributed by atoms with Gasteiger partial charge in [-0.05, 0) is 56.2 Å². The van der Waals surface area contributed by atoms with E-state index in [0.717, 1.165) is 5.56 Å². The Morgan fingerprint density at radius 3 is 2.58 bits per heavy atom. The molecule has 1 aromatic carbocycles. The molecule has 0 saturated carbocycles. The number of benzene rings is 1. The van der Waals surface area contributed by atoms with Crippen molar-refractivity contribution in [1.82, 2.24) is 19.7 Å². The topological polar surface area (TPSA) is 110 Å². The first kappa shape index (κ1) is 21.0. The molecule has 31 heavy (non-hydrogen) atoms. The number of aromatic nitrogens is 4. The van der Waals surface area contributed by atoms with E-state index in [9.17, 15) is 13.2 Å². The molecule has 0 radical (unpaired) electrons. The second kappa shape index (κ2) is 7.77. The van der Waals surface area contributed by atoms with Gasteiger partial charge in [0.05, 0.1) is 17.9 Å². The number of rotatable bonds is 5. The first-order valence-corrected chi connectivity index (χ1v) is 11.7. The minimum absolute atomic E-state index is 0.132. The predicted octanol–water partition coefficient (Wildman–Crippen LogP) is 2.73. The fourth-order valence-corrected chi connectivity index (χ4v) is 4.47. The van der Waals surface area contributed by atoms with Crippen LogP contribution in [0.3, 0.4) is 0 Å². The zero-order valence-corrected chi connectivity index (χ0v) is 18.6. The van der Waals surface area contributed by atoms with Crippen LogP contribution < -0.4 is 9.62 Å². The van der Waals surface area contributed by atoms with E-state index < -0.39 is 10.0 Å². The van der Waals surface area contributed by atoms with Gasteiger partial charge in [0.25, 0.3) is 5.91 Å². The van der Waals surface area contributed by atoms with Crippen LogP contribution in [0.1, 0.15) is 53.1 Å². The van der Waals surface area contributed by atoms with Crippen LogP contribution in [0, 0.1) is 6.92 Å². The number of amides is 1. The van der Waals surface area contributed by atoms with Crippen molar-refractivity contribution in [3.8, 4) is 0 Å². The molecule has 0 unspecified atom stereocenters. The summed E-state index contributed by atoms with van der Waals surface area (Å²) in [6.07, 6.45) is 4.49. The van der Waals surface area contributed by atoms with Crippen LogP contribution in [0.25, 0.3) is 0 Å². The van der Waals surface area contributed by atoms with Crippen LogP contribution in [0.5, 0.6) is 0 Å². The minimum atomic E-state index is -3.49. The number of carbonyl (C=O) groups excluding carboxylic acids is 1. The Morgan fingerprint density at radius 2 is 1.97 bits per heavy atom. The van der Waals surface area contributed by atoms with Crippen molar-refractivity contribution in [2.24, 2.45) is 0 Å². The van der Waals surface area contributed by atoms with Gasteiger partial charge in [0.15, 0.2) is 5.82 Å². The number of aryl methyl sites for hydroxylation is 1. The highest BCUT2D eigenvalue weighted by Crippen LogP contribution is 2.41. The normalized spacial score (nSPS) is 15.9. The maximum atomic E-state index is 12.8. The molecule has 3 aromatic rings. The van der Waals surface area contributed by atoms with Crippen LogP contribution in [0.4, 0.5) is 11.5 Å². The Hall–Kier alpha value is -3.27. The molecule has 2 aromatic heterocycles. The van der Waals surface area contributed by atoms with Crippen LogP contribution in [0.2, 0.25) is 0 Å². The van der Waals surface area contributed by atoms with Crippen molar-refractivity contribution in [2.75, 3.05) is 22.4 Å². The second-order valence-corrected chi connectivity index (χ2v) is 9.88. The summed E-state index contributed by atoms with van der Waals surface area (Å²) in [5.74, 6) is 0.285.